The minimum absolute atomic E-state index is 0.225. The minimum atomic E-state index is -0.225. The van der Waals surface area contributed by atoms with Crippen LogP contribution in [0.4, 0.5) is 10.2 Å². The predicted octanol–water partition coefficient (Wildman–Crippen LogP) is 4.27. The Kier molecular flexibility index (Phi) is 5.37. The van der Waals surface area contributed by atoms with Crippen LogP contribution < -0.4 is 5.32 Å². The number of thioether (sulfide) groups is 1. The maximum Gasteiger partial charge on any atom is 0.144 e. The third-order valence-corrected chi connectivity index (χ3v) is 4.52. The van der Waals surface area contributed by atoms with Crippen molar-refractivity contribution in [1.29, 1.82) is 0 Å². The second-order valence-corrected chi connectivity index (χ2v) is 5.94. The largest absolute Gasteiger partial charge is 0.372 e. The Morgan fingerprint density at radius 2 is 2.15 bits per heavy atom. The first-order valence-electron chi connectivity index (χ1n) is 6.25. The van der Waals surface area contributed by atoms with E-state index in [2.05, 4.69) is 38.1 Å². The molecule has 2 aromatic rings. The molecule has 0 atom stereocenters. The highest BCUT2D eigenvalue weighted by Crippen LogP contribution is 2.27. The van der Waals surface area contributed by atoms with Gasteiger partial charge in [0.15, 0.2) is 0 Å². The van der Waals surface area contributed by atoms with Gasteiger partial charge in [-0.1, -0.05) is 13.0 Å². The molecule has 6 heteroatoms. The number of hydrogen-bond donors (Lipinski definition) is 1. The molecular weight excluding hydrogens is 341 g/mol. The van der Waals surface area contributed by atoms with Crippen molar-refractivity contribution < 1.29 is 4.39 Å². The van der Waals surface area contributed by atoms with Gasteiger partial charge in [0.25, 0.3) is 0 Å². The van der Waals surface area contributed by atoms with E-state index >= 15 is 0 Å². The van der Waals surface area contributed by atoms with Gasteiger partial charge < -0.3 is 5.32 Å². The van der Waals surface area contributed by atoms with Gasteiger partial charge in [-0.05, 0) is 40.5 Å². The van der Waals surface area contributed by atoms with Gasteiger partial charge in [0.05, 0.1) is 15.9 Å². The number of hydrogen-bond acceptors (Lipinski definition) is 4. The van der Waals surface area contributed by atoms with Crippen molar-refractivity contribution >= 4 is 33.5 Å². The fourth-order valence-corrected chi connectivity index (χ4v) is 3.17. The van der Waals surface area contributed by atoms with E-state index < -0.39 is 0 Å². The maximum absolute atomic E-state index is 13.1. The maximum atomic E-state index is 13.1. The molecule has 1 N–H and O–H groups in total. The summed E-state index contributed by atoms with van der Waals surface area (Å²) in [6.45, 7) is 2.05. The van der Waals surface area contributed by atoms with Crippen LogP contribution in [0.2, 0.25) is 0 Å². The van der Waals surface area contributed by atoms with E-state index in [-0.39, 0.29) is 5.82 Å². The highest BCUT2D eigenvalue weighted by molar-refractivity contribution is 9.10. The zero-order valence-corrected chi connectivity index (χ0v) is 13.7. The highest BCUT2D eigenvalue weighted by atomic mass is 79.9. The van der Waals surface area contributed by atoms with Gasteiger partial charge >= 0.3 is 0 Å². The Labute approximate surface area is 130 Å². The molecule has 0 fully saturated rings. The molecule has 1 aromatic carbocycles. The average Bonchev–Trinajstić information content (AvgIpc) is 2.46. The highest BCUT2D eigenvalue weighted by Gasteiger charge is 2.10. The van der Waals surface area contributed by atoms with E-state index in [4.69, 9.17) is 0 Å². The lowest BCUT2D eigenvalue weighted by molar-refractivity contribution is 0.624. The number of anilines is 1. The molecule has 0 bridgehead atoms. The zero-order valence-electron chi connectivity index (χ0n) is 11.3. The zero-order chi connectivity index (χ0) is 14.5. The summed E-state index contributed by atoms with van der Waals surface area (Å²) < 4.78 is 14.0. The molecule has 0 aliphatic heterocycles. The van der Waals surface area contributed by atoms with Crippen LogP contribution in [-0.2, 0) is 12.2 Å². The second-order valence-electron chi connectivity index (χ2n) is 4.10. The molecule has 0 saturated heterocycles. The third kappa shape index (κ3) is 3.70. The van der Waals surface area contributed by atoms with E-state index in [9.17, 15) is 4.39 Å². The Hall–Kier alpha value is -1.14. The fourth-order valence-electron chi connectivity index (χ4n) is 1.71. The van der Waals surface area contributed by atoms with E-state index in [1.54, 1.807) is 6.07 Å². The molecule has 0 spiro atoms. The molecule has 0 radical (unpaired) electrons. The van der Waals surface area contributed by atoms with Gasteiger partial charge in [0.2, 0.25) is 0 Å². The molecule has 2 rings (SSSR count). The lowest BCUT2D eigenvalue weighted by atomic mass is 10.3. The summed E-state index contributed by atoms with van der Waals surface area (Å²) in [6, 6.07) is 6.54. The molecule has 0 saturated carbocycles. The van der Waals surface area contributed by atoms with Crippen LogP contribution in [0, 0.1) is 5.82 Å². The van der Waals surface area contributed by atoms with Crippen LogP contribution in [0.3, 0.4) is 0 Å². The van der Waals surface area contributed by atoms with Crippen molar-refractivity contribution in [2.24, 2.45) is 0 Å². The normalized spacial score (nSPS) is 10.6. The topological polar surface area (TPSA) is 37.8 Å². The van der Waals surface area contributed by atoms with Crippen molar-refractivity contribution in [3.8, 4) is 0 Å². The summed E-state index contributed by atoms with van der Waals surface area (Å²) >= 11 is 5.02. The van der Waals surface area contributed by atoms with Crippen molar-refractivity contribution in [2.75, 3.05) is 12.4 Å². The SMILES string of the molecule is CCc1nc(CSc2cccc(F)c2)nc(NC)c1Br. The Morgan fingerprint density at radius 1 is 1.35 bits per heavy atom. The standard InChI is InChI=1S/C14H15BrFN3S/c1-3-11-13(15)14(17-2)19-12(18-11)8-20-10-6-4-5-9(16)7-10/h4-7H,3,8H2,1-2H3,(H,17,18,19). The first kappa shape index (κ1) is 15.3. The molecule has 1 heterocycles. The van der Waals surface area contributed by atoms with Gasteiger partial charge in [0.1, 0.15) is 17.5 Å². The predicted molar refractivity (Wildman–Crippen MR) is 84.6 cm³/mol. The van der Waals surface area contributed by atoms with E-state index in [0.717, 1.165) is 33.1 Å². The first-order chi connectivity index (χ1) is 9.63. The van der Waals surface area contributed by atoms with E-state index in [1.807, 2.05) is 13.1 Å². The summed E-state index contributed by atoms with van der Waals surface area (Å²) in [4.78, 5) is 9.85. The average molecular weight is 356 g/mol. The first-order valence-corrected chi connectivity index (χ1v) is 8.03. The lowest BCUT2D eigenvalue weighted by Crippen LogP contribution is -2.04. The van der Waals surface area contributed by atoms with Crippen LogP contribution in [0.25, 0.3) is 0 Å². The molecule has 106 valence electrons. The smallest absolute Gasteiger partial charge is 0.144 e. The number of benzene rings is 1. The van der Waals surface area contributed by atoms with Gasteiger partial charge in [-0.25, -0.2) is 14.4 Å². The number of nitrogens with zero attached hydrogens (tertiary/aromatic N) is 2. The molecule has 0 aliphatic rings. The van der Waals surface area contributed by atoms with Crippen LogP contribution in [0.1, 0.15) is 18.4 Å². The molecule has 0 aliphatic carbocycles. The van der Waals surface area contributed by atoms with Crippen LogP contribution in [0.5, 0.6) is 0 Å². The quantitative estimate of drug-likeness (QED) is 0.812. The Morgan fingerprint density at radius 3 is 2.80 bits per heavy atom. The summed E-state index contributed by atoms with van der Waals surface area (Å²) in [5, 5.41) is 3.05. The number of aryl methyl sites for hydroxylation is 1. The van der Waals surface area contributed by atoms with Crippen molar-refractivity contribution in [3.05, 3.63) is 46.1 Å². The summed E-state index contributed by atoms with van der Waals surface area (Å²) in [6.07, 6.45) is 0.829. The van der Waals surface area contributed by atoms with E-state index in [1.165, 1.54) is 23.9 Å². The third-order valence-electron chi connectivity index (χ3n) is 2.70. The van der Waals surface area contributed by atoms with Crippen LogP contribution in [0.15, 0.2) is 33.6 Å². The lowest BCUT2D eigenvalue weighted by Gasteiger charge is -2.10. The molecular formula is C14H15BrFN3S. The molecule has 3 nitrogen and oxygen atoms in total. The summed E-state index contributed by atoms with van der Waals surface area (Å²) in [7, 11) is 1.83. The van der Waals surface area contributed by atoms with E-state index in [0.29, 0.717) is 5.75 Å². The number of rotatable bonds is 5. The van der Waals surface area contributed by atoms with Crippen LogP contribution in [-0.4, -0.2) is 17.0 Å². The number of halogens is 2. The van der Waals surface area contributed by atoms with Crippen molar-refractivity contribution in [1.82, 2.24) is 9.97 Å². The second kappa shape index (κ2) is 7.04. The Balaban J connectivity index is 2.17. The van der Waals surface area contributed by atoms with Gasteiger partial charge in [-0.3, -0.25) is 0 Å². The molecule has 0 amide bonds. The monoisotopic (exact) mass is 355 g/mol. The molecule has 0 unspecified atom stereocenters. The van der Waals surface area contributed by atoms with Crippen molar-refractivity contribution in [2.45, 2.75) is 24.0 Å². The van der Waals surface area contributed by atoms with Gasteiger partial charge in [0, 0.05) is 11.9 Å². The van der Waals surface area contributed by atoms with Gasteiger partial charge in [-0.15, -0.1) is 11.8 Å². The number of aromatic nitrogens is 2. The number of nitrogens with one attached hydrogen (secondary N) is 1. The Bertz CT molecular complexity index is 582. The molecule has 20 heavy (non-hydrogen) atoms. The summed E-state index contributed by atoms with van der Waals surface area (Å²) in [5.41, 5.74) is 0.971. The summed E-state index contributed by atoms with van der Waals surface area (Å²) in [5.74, 6) is 1.91. The van der Waals surface area contributed by atoms with Crippen LogP contribution >= 0.6 is 27.7 Å². The fraction of sp³-hybridized carbons (Fsp3) is 0.286. The van der Waals surface area contributed by atoms with Crippen molar-refractivity contribution in [3.63, 3.8) is 0 Å². The van der Waals surface area contributed by atoms with Gasteiger partial charge in [-0.2, -0.15) is 0 Å². The minimum Gasteiger partial charge on any atom is -0.372 e. The molecule has 1 aromatic heterocycles.